The third kappa shape index (κ3) is 1.99. The number of allylic oxidation sites excluding steroid dienone is 3. The van der Waals surface area contributed by atoms with Gasteiger partial charge in [0.15, 0.2) is 0 Å². The summed E-state index contributed by atoms with van der Waals surface area (Å²) in [4.78, 5) is 2.03. The Morgan fingerprint density at radius 3 is 2.73 bits per heavy atom. The lowest BCUT2D eigenvalue weighted by Gasteiger charge is -2.55. The second kappa shape index (κ2) is 5.44. The van der Waals surface area contributed by atoms with Crippen LogP contribution in [0.3, 0.4) is 0 Å². The molecular weight excluding hydrogens is 441 g/mol. The lowest BCUT2D eigenvalue weighted by atomic mass is 9.61. The normalized spacial score (nSPS) is 52.0. The van der Waals surface area contributed by atoms with E-state index in [1.54, 1.807) is 0 Å². The van der Waals surface area contributed by atoms with Gasteiger partial charge in [-0.3, -0.25) is 0 Å². The van der Waals surface area contributed by atoms with E-state index < -0.39 is 17.8 Å². The molecule has 7 atom stereocenters. The summed E-state index contributed by atoms with van der Waals surface area (Å²) >= 11 is 2.52. The molecule has 3 aliphatic carbocycles. The Hall–Kier alpha value is -0.210. The van der Waals surface area contributed by atoms with E-state index in [0.29, 0.717) is 5.92 Å². The highest BCUT2D eigenvalue weighted by Crippen LogP contribution is 2.67. The first-order valence-electron chi connectivity index (χ1n) is 9.75. The smallest absolute Gasteiger partial charge is 0.105 e. The zero-order valence-corrected chi connectivity index (χ0v) is 17.9. The van der Waals surface area contributed by atoms with Gasteiger partial charge in [0.25, 0.3) is 0 Å². The molecule has 2 spiro atoms. The van der Waals surface area contributed by atoms with Crippen molar-refractivity contribution in [1.82, 2.24) is 4.90 Å². The van der Waals surface area contributed by atoms with Crippen LogP contribution in [0.1, 0.15) is 39.0 Å². The molecule has 0 radical (unpaired) electrons. The maximum atomic E-state index is 10.9. The van der Waals surface area contributed by atoms with Crippen LogP contribution in [-0.2, 0) is 4.74 Å². The fraction of sp³-hybridized carbons (Fsp3) is 0.714. The van der Waals surface area contributed by atoms with Crippen molar-refractivity contribution >= 4 is 22.6 Å². The van der Waals surface area contributed by atoms with Crippen molar-refractivity contribution in [3.05, 3.63) is 33.0 Å². The van der Waals surface area contributed by atoms with Crippen LogP contribution in [0.15, 0.2) is 33.0 Å². The van der Waals surface area contributed by atoms with E-state index in [1.807, 2.05) is 19.0 Å². The number of nitrogens with zero attached hydrogens (tertiary/aromatic N) is 1. The second-order valence-electron chi connectivity index (χ2n) is 9.38. The molecule has 5 heteroatoms. The Morgan fingerprint density at radius 1 is 1.23 bits per heavy atom. The third-order valence-electron chi connectivity index (χ3n) is 8.00. The van der Waals surface area contributed by atoms with Gasteiger partial charge in [0, 0.05) is 17.4 Å². The fourth-order valence-electron chi connectivity index (χ4n) is 6.45. The molecule has 26 heavy (non-hydrogen) atoms. The standard InChI is InChI=1S/C21H28INO3/c1-19-7-6-12-10-13-17(24)18(25)14(23(2)3)11-20(13)8-9-21(12,26-20)15(19)4-5-16(19)22/h5-6,10,14-15,17-18,24-25H,4,7-9,11H2,1-3H3/t14-,15+,17+,18+,19-,20+,21?/m0/s1. The van der Waals surface area contributed by atoms with Gasteiger partial charge in [-0.25, -0.2) is 0 Å². The van der Waals surface area contributed by atoms with Crippen molar-refractivity contribution in [1.29, 1.82) is 0 Å². The molecule has 2 bridgehead atoms. The average Bonchev–Trinajstić information content (AvgIpc) is 3.07. The van der Waals surface area contributed by atoms with Crippen LogP contribution >= 0.6 is 22.6 Å². The van der Waals surface area contributed by atoms with Crippen molar-refractivity contribution in [2.45, 2.75) is 68.5 Å². The van der Waals surface area contributed by atoms with Crippen LogP contribution in [-0.4, -0.2) is 58.7 Å². The first kappa shape index (κ1) is 17.9. The summed E-state index contributed by atoms with van der Waals surface area (Å²) in [6.07, 6.45) is 10.1. The molecular formula is C21H28INO3. The molecule has 1 saturated carbocycles. The first-order valence-corrected chi connectivity index (χ1v) is 10.8. The number of likely N-dealkylation sites (N-methyl/N-ethyl adjacent to an activating group) is 1. The number of hydrogen-bond acceptors (Lipinski definition) is 4. The molecule has 5 rings (SSSR count). The molecule has 5 aliphatic rings. The molecule has 4 nitrogen and oxygen atoms in total. The number of fused-ring (bicyclic) bond motifs is 1. The third-order valence-corrected chi connectivity index (χ3v) is 9.67. The summed E-state index contributed by atoms with van der Waals surface area (Å²) in [6, 6.07) is -0.0837. The lowest BCUT2D eigenvalue weighted by Crippen LogP contribution is -2.61. The number of aliphatic hydroxyl groups is 2. The summed E-state index contributed by atoms with van der Waals surface area (Å²) in [7, 11) is 3.96. The highest BCUT2D eigenvalue weighted by Gasteiger charge is 2.67. The number of hydrogen-bond donors (Lipinski definition) is 2. The molecule has 0 aromatic carbocycles. The molecule has 1 saturated heterocycles. The second-order valence-corrected chi connectivity index (χ2v) is 10.5. The summed E-state index contributed by atoms with van der Waals surface area (Å²) in [5.41, 5.74) is 1.69. The summed E-state index contributed by atoms with van der Waals surface area (Å²) < 4.78 is 8.50. The predicted molar refractivity (Wildman–Crippen MR) is 109 cm³/mol. The van der Waals surface area contributed by atoms with Gasteiger partial charge in [0.05, 0.1) is 17.3 Å². The Balaban J connectivity index is 1.62. The zero-order chi connectivity index (χ0) is 18.5. The molecule has 0 aromatic rings. The van der Waals surface area contributed by atoms with Crippen molar-refractivity contribution in [2.24, 2.45) is 11.3 Å². The van der Waals surface area contributed by atoms with Crippen LogP contribution < -0.4 is 0 Å². The van der Waals surface area contributed by atoms with Gasteiger partial charge in [0.1, 0.15) is 6.10 Å². The molecule has 0 amide bonds. The van der Waals surface area contributed by atoms with E-state index >= 15 is 0 Å². The highest BCUT2D eigenvalue weighted by atomic mass is 127. The summed E-state index contributed by atoms with van der Waals surface area (Å²) in [5.74, 6) is 0.473. The van der Waals surface area contributed by atoms with Crippen LogP contribution in [0.4, 0.5) is 0 Å². The minimum absolute atomic E-state index is 0.0837. The maximum Gasteiger partial charge on any atom is 0.105 e. The van der Waals surface area contributed by atoms with E-state index in [-0.39, 0.29) is 17.1 Å². The van der Waals surface area contributed by atoms with E-state index in [1.165, 1.54) is 9.15 Å². The maximum absolute atomic E-state index is 10.9. The van der Waals surface area contributed by atoms with Gasteiger partial charge in [-0.2, -0.15) is 0 Å². The number of rotatable bonds is 1. The number of ether oxygens (including phenoxy) is 1. The van der Waals surface area contributed by atoms with Gasteiger partial charge in [-0.1, -0.05) is 25.2 Å². The van der Waals surface area contributed by atoms with Gasteiger partial charge in [-0.15, -0.1) is 0 Å². The van der Waals surface area contributed by atoms with E-state index in [0.717, 1.165) is 37.7 Å². The molecule has 0 aromatic heterocycles. The van der Waals surface area contributed by atoms with Gasteiger partial charge in [0.2, 0.25) is 0 Å². The molecule has 142 valence electrons. The van der Waals surface area contributed by atoms with Gasteiger partial charge >= 0.3 is 0 Å². The van der Waals surface area contributed by atoms with Crippen LogP contribution in [0, 0.1) is 11.3 Å². The van der Waals surface area contributed by atoms with Crippen LogP contribution in [0.25, 0.3) is 0 Å². The first-order chi connectivity index (χ1) is 12.2. The minimum atomic E-state index is -0.844. The Bertz CT molecular complexity index is 758. The van der Waals surface area contributed by atoms with Crippen molar-refractivity contribution < 1.29 is 14.9 Å². The molecule has 2 aliphatic heterocycles. The molecule has 2 N–H and O–H groups in total. The number of halogens is 1. The van der Waals surface area contributed by atoms with Gasteiger partial charge < -0.3 is 19.8 Å². The van der Waals surface area contributed by atoms with Crippen molar-refractivity contribution in [3.8, 4) is 0 Å². The Kier molecular flexibility index (Phi) is 3.74. The monoisotopic (exact) mass is 469 g/mol. The van der Waals surface area contributed by atoms with E-state index in [4.69, 9.17) is 4.74 Å². The topological polar surface area (TPSA) is 52.9 Å². The summed E-state index contributed by atoms with van der Waals surface area (Å²) in [6.45, 7) is 2.39. The van der Waals surface area contributed by atoms with Crippen molar-refractivity contribution in [2.75, 3.05) is 14.1 Å². The number of aliphatic hydroxyl groups excluding tert-OH is 2. The quantitative estimate of drug-likeness (QED) is 0.580. The fourth-order valence-corrected chi connectivity index (χ4v) is 7.30. The van der Waals surface area contributed by atoms with E-state index in [9.17, 15) is 10.2 Å². The minimum Gasteiger partial charge on any atom is -0.388 e. The van der Waals surface area contributed by atoms with Crippen LogP contribution in [0.5, 0.6) is 0 Å². The highest BCUT2D eigenvalue weighted by molar-refractivity contribution is 14.1. The summed E-state index contributed by atoms with van der Waals surface area (Å²) in [5, 5.41) is 21.6. The largest absolute Gasteiger partial charge is 0.388 e. The predicted octanol–water partition coefficient (Wildman–Crippen LogP) is 2.95. The SMILES string of the molecule is CN(C)[C@H]1C[C@@]23CCC4(O2)C(=CC[C@]2(C)C(I)=CC[C@@H]42)C=C3[C@@H](O)[C@@H]1O. The van der Waals surface area contributed by atoms with Crippen molar-refractivity contribution in [3.63, 3.8) is 0 Å². The average molecular weight is 469 g/mol. The Morgan fingerprint density at radius 2 is 2.00 bits per heavy atom. The van der Waals surface area contributed by atoms with Crippen LogP contribution in [0.2, 0.25) is 0 Å². The Labute approximate surface area is 169 Å². The van der Waals surface area contributed by atoms with E-state index in [2.05, 4.69) is 47.7 Å². The molecule has 2 fully saturated rings. The molecule has 1 unspecified atom stereocenters. The lowest BCUT2D eigenvalue weighted by molar-refractivity contribution is -0.162. The van der Waals surface area contributed by atoms with Gasteiger partial charge in [-0.05, 0) is 83.5 Å². The zero-order valence-electron chi connectivity index (χ0n) is 15.7. The molecule has 2 heterocycles.